The van der Waals surface area contributed by atoms with Crippen molar-refractivity contribution in [2.24, 2.45) is 0 Å². The smallest absolute Gasteiger partial charge is 0.0702 e. The van der Waals surface area contributed by atoms with Gasteiger partial charge in [0.1, 0.15) is 0 Å². The molecule has 0 aromatic heterocycles. The zero-order chi connectivity index (χ0) is 12.3. The summed E-state index contributed by atoms with van der Waals surface area (Å²) >= 11 is 6.26. The van der Waals surface area contributed by atoms with Gasteiger partial charge in [0.15, 0.2) is 0 Å². The zero-order valence-corrected chi connectivity index (χ0v) is 11.0. The highest BCUT2D eigenvalue weighted by Gasteiger charge is 2.17. The zero-order valence-electron chi connectivity index (χ0n) is 10.2. The van der Waals surface area contributed by atoms with Crippen molar-refractivity contribution in [3.8, 4) is 0 Å². The van der Waals surface area contributed by atoms with E-state index in [1.54, 1.807) is 0 Å². The summed E-state index contributed by atoms with van der Waals surface area (Å²) in [5.41, 5.74) is 1.93. The number of para-hydroxylation sites is 1. The molecule has 94 valence electrons. The summed E-state index contributed by atoms with van der Waals surface area (Å²) in [5.74, 6) is 0. The Labute approximate surface area is 108 Å². The van der Waals surface area contributed by atoms with Crippen molar-refractivity contribution in [3.05, 3.63) is 28.8 Å². The topological polar surface area (TPSA) is 26.7 Å². The molecule has 1 aromatic rings. The van der Waals surface area contributed by atoms with E-state index in [9.17, 15) is 5.11 Å². The average molecular weight is 255 g/mol. The lowest BCUT2D eigenvalue weighted by Gasteiger charge is -2.26. The molecule has 0 spiro atoms. The normalized spacial score (nSPS) is 18.2. The van der Waals surface area contributed by atoms with Crippen molar-refractivity contribution in [1.82, 2.24) is 4.90 Å². The maximum Gasteiger partial charge on any atom is 0.0702 e. The fraction of sp³-hybridized carbons (Fsp3) is 0.538. The number of nitrogens with zero attached hydrogens (tertiary/aromatic N) is 2. The van der Waals surface area contributed by atoms with Gasteiger partial charge in [-0.05, 0) is 26.1 Å². The minimum atomic E-state index is 0.0439. The van der Waals surface area contributed by atoms with E-state index in [0.29, 0.717) is 0 Å². The van der Waals surface area contributed by atoms with Crippen molar-refractivity contribution in [2.75, 3.05) is 38.1 Å². The minimum Gasteiger partial charge on any atom is -0.392 e. The molecule has 1 heterocycles. The van der Waals surface area contributed by atoms with Crippen LogP contribution >= 0.6 is 11.6 Å². The molecule has 1 saturated heterocycles. The van der Waals surface area contributed by atoms with Gasteiger partial charge >= 0.3 is 0 Å². The number of halogens is 1. The number of aliphatic hydroxyl groups is 1. The summed E-state index contributed by atoms with van der Waals surface area (Å²) in [7, 11) is 2.14. The van der Waals surface area contributed by atoms with Gasteiger partial charge in [0.25, 0.3) is 0 Å². The highest BCUT2D eigenvalue weighted by Crippen LogP contribution is 2.30. The van der Waals surface area contributed by atoms with Crippen molar-refractivity contribution in [2.45, 2.75) is 13.0 Å². The van der Waals surface area contributed by atoms with Crippen LogP contribution in [0.4, 0.5) is 5.69 Å². The van der Waals surface area contributed by atoms with Gasteiger partial charge in [-0.25, -0.2) is 0 Å². The Morgan fingerprint density at radius 1 is 1.24 bits per heavy atom. The van der Waals surface area contributed by atoms with Gasteiger partial charge in [-0.1, -0.05) is 23.7 Å². The number of rotatable bonds is 2. The van der Waals surface area contributed by atoms with E-state index in [-0.39, 0.29) is 6.61 Å². The second-order valence-corrected chi connectivity index (χ2v) is 4.96. The number of benzene rings is 1. The van der Waals surface area contributed by atoms with E-state index in [0.717, 1.165) is 48.9 Å². The average Bonchev–Trinajstić information content (AvgIpc) is 2.54. The maximum atomic E-state index is 9.40. The van der Waals surface area contributed by atoms with Gasteiger partial charge in [0.05, 0.1) is 17.3 Å². The van der Waals surface area contributed by atoms with Crippen LogP contribution in [0.25, 0.3) is 0 Å². The molecule has 1 N–H and O–H groups in total. The van der Waals surface area contributed by atoms with Crippen LogP contribution in [0, 0.1) is 0 Å². The molecule has 17 heavy (non-hydrogen) atoms. The molecule has 2 rings (SSSR count). The molecule has 1 fully saturated rings. The quantitative estimate of drug-likeness (QED) is 0.874. The molecule has 0 atom stereocenters. The van der Waals surface area contributed by atoms with Crippen molar-refractivity contribution < 1.29 is 5.11 Å². The highest BCUT2D eigenvalue weighted by atomic mass is 35.5. The number of likely N-dealkylation sites (N-methyl/N-ethyl adjacent to an activating group) is 1. The summed E-state index contributed by atoms with van der Waals surface area (Å²) in [6.45, 7) is 4.17. The number of aliphatic hydroxyl groups excluding tert-OH is 1. The lowest BCUT2D eigenvalue weighted by molar-refractivity contribution is 0.282. The van der Waals surface area contributed by atoms with Gasteiger partial charge in [-0.15, -0.1) is 0 Å². The van der Waals surface area contributed by atoms with Crippen molar-refractivity contribution in [1.29, 1.82) is 0 Å². The first-order valence-corrected chi connectivity index (χ1v) is 6.42. The molecule has 0 unspecified atom stereocenters. The van der Waals surface area contributed by atoms with Crippen LogP contribution in [0.3, 0.4) is 0 Å². The Kier molecular flexibility index (Phi) is 4.26. The summed E-state index contributed by atoms with van der Waals surface area (Å²) in [6.07, 6.45) is 1.13. The van der Waals surface area contributed by atoms with Crippen LogP contribution in [-0.4, -0.2) is 43.2 Å². The summed E-state index contributed by atoms with van der Waals surface area (Å²) in [6, 6.07) is 5.72. The van der Waals surface area contributed by atoms with E-state index < -0.39 is 0 Å². The van der Waals surface area contributed by atoms with E-state index >= 15 is 0 Å². The second-order valence-electron chi connectivity index (χ2n) is 4.55. The summed E-state index contributed by atoms with van der Waals surface area (Å²) < 4.78 is 0. The first-order chi connectivity index (χ1) is 8.22. The SMILES string of the molecule is CN1CCCN(c2c(Cl)cccc2CO)CC1. The number of hydrogen-bond acceptors (Lipinski definition) is 3. The van der Waals surface area contributed by atoms with Crippen molar-refractivity contribution in [3.63, 3.8) is 0 Å². The minimum absolute atomic E-state index is 0.0439. The summed E-state index contributed by atoms with van der Waals surface area (Å²) in [5, 5.41) is 10.1. The largest absolute Gasteiger partial charge is 0.392 e. The van der Waals surface area contributed by atoms with Gasteiger partial charge in [-0.2, -0.15) is 0 Å². The maximum absolute atomic E-state index is 9.40. The Morgan fingerprint density at radius 2 is 2.06 bits per heavy atom. The fourth-order valence-corrected chi connectivity index (χ4v) is 2.63. The molecule has 1 aliphatic rings. The molecule has 0 aliphatic carbocycles. The molecule has 0 amide bonds. The van der Waals surface area contributed by atoms with E-state index in [4.69, 9.17) is 11.6 Å². The lowest BCUT2D eigenvalue weighted by Crippen LogP contribution is -2.29. The predicted molar refractivity (Wildman–Crippen MR) is 71.7 cm³/mol. The van der Waals surface area contributed by atoms with Gasteiger partial charge < -0.3 is 14.9 Å². The third-order valence-corrected chi connectivity index (χ3v) is 3.58. The van der Waals surface area contributed by atoms with Crippen LogP contribution in [0.15, 0.2) is 18.2 Å². The van der Waals surface area contributed by atoms with Crippen molar-refractivity contribution >= 4 is 17.3 Å². The molecule has 4 heteroatoms. The molecular formula is C13H19ClN2O. The molecule has 0 bridgehead atoms. The Hall–Kier alpha value is -0.770. The molecule has 1 aromatic carbocycles. The fourth-order valence-electron chi connectivity index (χ4n) is 2.31. The molecule has 1 aliphatic heterocycles. The third-order valence-electron chi connectivity index (χ3n) is 3.28. The summed E-state index contributed by atoms with van der Waals surface area (Å²) in [4.78, 5) is 4.62. The van der Waals surface area contributed by atoms with Crippen LogP contribution in [0.2, 0.25) is 5.02 Å². The van der Waals surface area contributed by atoms with E-state index in [1.807, 2.05) is 18.2 Å². The van der Waals surface area contributed by atoms with E-state index in [2.05, 4.69) is 16.8 Å². The Morgan fingerprint density at radius 3 is 2.82 bits per heavy atom. The van der Waals surface area contributed by atoms with Crippen LogP contribution in [-0.2, 0) is 6.61 Å². The van der Waals surface area contributed by atoms with Gasteiger partial charge in [-0.3, -0.25) is 0 Å². The number of anilines is 1. The standard InChI is InChI=1S/C13H19ClN2O/c1-15-6-3-7-16(9-8-15)13-11(10-17)4-2-5-12(13)14/h2,4-5,17H,3,6-10H2,1H3. The van der Waals surface area contributed by atoms with Gasteiger partial charge in [0, 0.05) is 25.2 Å². The first kappa shape index (κ1) is 12.7. The lowest BCUT2D eigenvalue weighted by atomic mass is 10.1. The van der Waals surface area contributed by atoms with Gasteiger partial charge in [0.2, 0.25) is 0 Å². The van der Waals surface area contributed by atoms with Crippen LogP contribution in [0.1, 0.15) is 12.0 Å². The third kappa shape index (κ3) is 2.92. The molecular weight excluding hydrogens is 236 g/mol. The van der Waals surface area contributed by atoms with E-state index in [1.165, 1.54) is 0 Å². The number of hydrogen-bond donors (Lipinski definition) is 1. The molecule has 3 nitrogen and oxygen atoms in total. The second kappa shape index (κ2) is 5.71. The predicted octanol–water partition coefficient (Wildman–Crippen LogP) is 1.97. The Bertz CT molecular complexity index is 384. The highest BCUT2D eigenvalue weighted by molar-refractivity contribution is 6.33. The molecule has 0 radical (unpaired) electrons. The first-order valence-electron chi connectivity index (χ1n) is 6.04. The Balaban J connectivity index is 2.26. The molecule has 0 saturated carbocycles. The van der Waals surface area contributed by atoms with Crippen LogP contribution < -0.4 is 4.90 Å². The van der Waals surface area contributed by atoms with Crippen LogP contribution in [0.5, 0.6) is 0 Å². The monoisotopic (exact) mass is 254 g/mol.